The van der Waals surface area contributed by atoms with Gasteiger partial charge in [-0.15, -0.1) is 0 Å². The zero-order valence-corrected chi connectivity index (χ0v) is 78.9. The third-order valence-electron chi connectivity index (χ3n) is 26.0. The van der Waals surface area contributed by atoms with E-state index in [4.69, 9.17) is 49.5 Å². The Morgan fingerprint density at radius 3 is 1.04 bits per heavy atom. The topological polar surface area (TPSA) is 321 Å². The number of hydrogen-bond acceptors (Lipinski definition) is 22. The van der Waals surface area contributed by atoms with E-state index in [2.05, 4.69) is 78.6 Å². The number of rotatable bonds is 33. The lowest BCUT2D eigenvalue weighted by Crippen LogP contribution is -2.47. The van der Waals surface area contributed by atoms with Crippen molar-refractivity contribution in [2.24, 2.45) is 0 Å². The molecule has 8 aliphatic heterocycles. The average Bonchev–Trinajstić information content (AvgIpc) is 1.63. The highest BCUT2D eigenvalue weighted by Crippen LogP contribution is 2.40. The van der Waals surface area contributed by atoms with Gasteiger partial charge in [-0.1, -0.05) is 187 Å². The highest BCUT2D eigenvalue weighted by atomic mass is 35.5. The van der Waals surface area contributed by atoms with E-state index in [1.54, 1.807) is 48.5 Å². The molecule has 10 aromatic carbocycles. The molecule has 0 bridgehead atoms. The van der Waals surface area contributed by atoms with Crippen molar-refractivity contribution in [3.05, 3.63) is 291 Å². The molecule has 0 spiro atoms. The van der Waals surface area contributed by atoms with Gasteiger partial charge in [-0.3, -0.25) is 24.0 Å². The Kier molecular flexibility index (Phi) is 35.7. The van der Waals surface area contributed by atoms with Crippen molar-refractivity contribution in [3.63, 3.8) is 0 Å². The van der Waals surface area contributed by atoms with Crippen LogP contribution in [0.15, 0.2) is 225 Å². The fourth-order valence-corrected chi connectivity index (χ4v) is 18.6. The zero-order chi connectivity index (χ0) is 95.5. The van der Waals surface area contributed by atoms with Gasteiger partial charge in [-0.25, -0.2) is 0 Å². The predicted octanol–water partition coefficient (Wildman–Crippen LogP) is 14.2. The predicted molar refractivity (Wildman–Crippen MR) is 527 cm³/mol. The highest BCUT2D eigenvalue weighted by Gasteiger charge is 2.35. The van der Waals surface area contributed by atoms with Crippen LogP contribution in [0, 0.1) is 13.8 Å². The highest BCUT2D eigenvalue weighted by molar-refractivity contribution is 6.30. The van der Waals surface area contributed by atoms with E-state index in [0.717, 1.165) is 148 Å². The molecule has 9 N–H and O–H groups in total. The summed E-state index contributed by atoms with van der Waals surface area (Å²) >= 11 is 6.12. The van der Waals surface area contributed by atoms with Crippen LogP contribution in [-0.2, 0) is 38.6 Å². The molecule has 26 nitrogen and oxygen atoms in total. The number of ketones is 1. The third kappa shape index (κ3) is 28.1. The lowest BCUT2D eigenvalue weighted by atomic mass is 9.98. The molecule has 0 radical (unpaired) electrons. The number of likely N-dealkylation sites (tertiary alicyclic amines) is 4. The minimum atomic E-state index is -0.939. The SMILES string of the molecule is C=C(C(=O)NC(CN1CCCC1)C(O)c1ccc2c(c1)OCCO2)c1ccc(-c2ccc(C)cc2)cc1.Cc1ccc(CC(=O)NC(CN2CCCC2)C(O)c2ccc3c(c2)OCCO3)cc1.O=C(CCC(=O)c1ccccc1CO)NC(CN1CCCC1)C(O)c1ccc2c(c1)OCCO2.O=C(Cc1ccc(-c2cccc(Cl)c2)cc1)NC(CN1CCCC1)C(O)c1ccc2c(c1)OCCO2. The molecule has 27 heteroatoms. The second kappa shape index (κ2) is 49.2. The normalized spacial score (nSPS) is 17.2. The van der Waals surface area contributed by atoms with Gasteiger partial charge in [0.05, 0.1) is 43.6 Å². The molecular weight excluding hydrogens is 1760 g/mol. The summed E-state index contributed by atoms with van der Waals surface area (Å²) in [6, 6.07) is 66.5. The van der Waals surface area contributed by atoms with Gasteiger partial charge in [0.15, 0.2) is 51.8 Å². The lowest BCUT2D eigenvalue weighted by Gasteiger charge is -2.29. The minimum Gasteiger partial charge on any atom is -0.486 e. The van der Waals surface area contributed by atoms with Crippen LogP contribution in [0.1, 0.15) is 155 Å². The Balaban J connectivity index is 0.000000139. The second-order valence-corrected chi connectivity index (χ2v) is 36.7. The molecule has 0 aliphatic carbocycles. The summed E-state index contributed by atoms with van der Waals surface area (Å²) in [6.45, 7) is 21.9. The summed E-state index contributed by atoms with van der Waals surface area (Å²) in [4.78, 5) is 73.7. The number of carbonyl (C=O) groups is 5. The van der Waals surface area contributed by atoms with Gasteiger partial charge in [0.2, 0.25) is 17.7 Å². The number of aryl methyl sites for hydroxylation is 2. The number of benzene rings is 10. The monoisotopic (exact) mass is 1880 g/mol. The maximum atomic E-state index is 13.3. The first-order valence-electron chi connectivity index (χ1n) is 48.0. The number of halogens is 1. The van der Waals surface area contributed by atoms with Gasteiger partial charge >= 0.3 is 0 Å². The van der Waals surface area contributed by atoms with Crippen molar-refractivity contribution in [1.82, 2.24) is 40.9 Å². The van der Waals surface area contributed by atoms with E-state index >= 15 is 0 Å². The standard InChI is InChI=1S/C31H34N2O4.C29H31ClN2O4.C26H32N2O6.C24H30N2O4/c1-21-5-7-24(8-6-21)25-11-9-23(10-12-25)22(2)31(35)32-27(20-33-15-3-4-16-33)30(34)26-13-14-28-29(19-26)37-18-17-36-28;30-24-5-3-4-22(17-24)21-8-6-20(7-9-21)16-28(33)31-25(19-32-12-1-2-13-32)29(34)23-10-11-26-27(18-23)36-15-14-35-26;29-17-19-5-1-2-6-20(19)22(30)8-10-25(31)27-21(16-28-11-3-4-12-28)26(32)18-7-9-23-24(15-18)34-14-13-33-23;1-17-4-6-18(7-5-17)14-23(27)25-20(16-26-10-2-3-11-26)24(28)19-8-9-21-22(15-19)30-13-12-29-21/h5-14,19,27,30,34H,2-4,15-18,20H2,1H3,(H,32,35);3-11,17-18,25,29,34H,1-2,12-16,19H2,(H,31,33);1-2,5-7,9,15,21,26,29,32H,3-4,8,10-14,16-17H2,(H,27,31);4-9,15,20,24,28H,2-3,10-14,16H2,1H3,(H,25,27). The molecule has 4 fully saturated rings. The molecule has 0 saturated carbocycles. The first-order valence-corrected chi connectivity index (χ1v) is 48.4. The van der Waals surface area contributed by atoms with Crippen molar-refractivity contribution >= 4 is 46.6 Å². The fourth-order valence-electron chi connectivity index (χ4n) is 18.4. The van der Waals surface area contributed by atoms with Crippen LogP contribution in [0.4, 0.5) is 0 Å². The number of aliphatic hydroxyl groups excluding tert-OH is 5. The van der Waals surface area contributed by atoms with Gasteiger partial charge in [0.1, 0.15) is 77.3 Å². The number of nitrogens with one attached hydrogen (secondary N) is 4. The molecule has 8 aliphatic rings. The van der Waals surface area contributed by atoms with Crippen LogP contribution < -0.4 is 59.2 Å². The number of carbonyl (C=O) groups excluding carboxylic acids is 5. The summed E-state index contributed by atoms with van der Waals surface area (Å²) in [5.41, 5.74) is 13.4. The summed E-state index contributed by atoms with van der Waals surface area (Å²) in [7, 11) is 0. The Morgan fingerprint density at radius 1 is 0.350 bits per heavy atom. The number of Topliss-reactive ketones (excluding diaryl/α,β-unsaturated/α-hetero) is 1. The molecule has 722 valence electrons. The van der Waals surface area contributed by atoms with E-state index in [9.17, 15) is 49.5 Å². The fraction of sp³-hybridized carbons (Fsp3) is 0.391. The van der Waals surface area contributed by atoms with Crippen molar-refractivity contribution in [3.8, 4) is 68.2 Å². The van der Waals surface area contributed by atoms with Crippen LogP contribution >= 0.6 is 11.6 Å². The molecule has 10 aromatic rings. The maximum Gasteiger partial charge on any atom is 0.251 e. The molecule has 8 heterocycles. The number of hydrogen-bond donors (Lipinski definition) is 9. The first kappa shape index (κ1) is 99.3. The second-order valence-electron chi connectivity index (χ2n) is 36.2. The minimum absolute atomic E-state index is 0.00293. The lowest BCUT2D eigenvalue weighted by molar-refractivity contribution is -0.123. The average molecular weight is 1880 g/mol. The van der Waals surface area contributed by atoms with Crippen LogP contribution in [0.25, 0.3) is 27.8 Å². The Hall–Kier alpha value is -12.2. The van der Waals surface area contributed by atoms with E-state index in [1.165, 1.54) is 11.1 Å². The third-order valence-corrected chi connectivity index (χ3v) is 26.3. The number of nitrogens with zero attached hydrogens (tertiary/aromatic N) is 4. The van der Waals surface area contributed by atoms with Crippen LogP contribution in [0.3, 0.4) is 0 Å². The number of amides is 4. The van der Waals surface area contributed by atoms with E-state index < -0.39 is 48.6 Å². The number of aliphatic hydroxyl groups is 5. The van der Waals surface area contributed by atoms with E-state index in [1.807, 2.05) is 153 Å². The Morgan fingerprint density at radius 2 is 0.672 bits per heavy atom. The summed E-state index contributed by atoms with van der Waals surface area (Å²) in [5, 5.41) is 67.4. The quantitative estimate of drug-likeness (QED) is 0.0136. The molecule has 8 unspecified atom stereocenters. The maximum absolute atomic E-state index is 13.3. The van der Waals surface area contributed by atoms with E-state index in [0.29, 0.717) is 170 Å². The van der Waals surface area contributed by atoms with Gasteiger partial charge < -0.3 is 104 Å². The molecule has 4 amide bonds. The van der Waals surface area contributed by atoms with E-state index in [-0.39, 0.29) is 55.3 Å². The molecule has 0 aromatic heterocycles. The van der Waals surface area contributed by atoms with Crippen molar-refractivity contribution in [2.45, 2.75) is 146 Å². The van der Waals surface area contributed by atoms with Crippen LogP contribution in [0.2, 0.25) is 5.02 Å². The number of fused-ring (bicyclic) bond motifs is 4. The van der Waals surface area contributed by atoms with Gasteiger partial charge in [0, 0.05) is 55.2 Å². The largest absolute Gasteiger partial charge is 0.486 e. The van der Waals surface area contributed by atoms with Gasteiger partial charge in [-0.05, 0) is 245 Å². The summed E-state index contributed by atoms with van der Waals surface area (Å²) in [5.74, 6) is 4.18. The first-order chi connectivity index (χ1) is 66.6. The van der Waals surface area contributed by atoms with Crippen LogP contribution in [0.5, 0.6) is 46.0 Å². The summed E-state index contributed by atoms with van der Waals surface area (Å²) < 4.78 is 45.1. The molecule has 137 heavy (non-hydrogen) atoms. The summed E-state index contributed by atoms with van der Waals surface area (Å²) in [6.07, 6.45) is 6.06. The number of ether oxygens (including phenoxy) is 8. The molecule has 4 saturated heterocycles. The Labute approximate surface area is 807 Å². The van der Waals surface area contributed by atoms with Gasteiger partial charge in [-0.2, -0.15) is 0 Å². The molecular formula is C110H127ClN8O18. The molecule has 8 atom stereocenters. The van der Waals surface area contributed by atoms with Crippen molar-refractivity contribution in [1.29, 1.82) is 0 Å². The Bertz CT molecular complexity index is 5690. The molecule has 18 rings (SSSR count). The smallest absolute Gasteiger partial charge is 0.251 e. The van der Waals surface area contributed by atoms with Crippen LogP contribution in [-0.4, -0.2) is 230 Å². The van der Waals surface area contributed by atoms with Gasteiger partial charge in [0.25, 0.3) is 5.91 Å². The zero-order valence-electron chi connectivity index (χ0n) is 78.2. The van der Waals surface area contributed by atoms with Crippen molar-refractivity contribution < 1.29 is 87.4 Å². The van der Waals surface area contributed by atoms with Crippen molar-refractivity contribution in [2.75, 3.05) is 131 Å².